The van der Waals surface area contributed by atoms with Crippen LogP contribution < -0.4 is 5.32 Å². The van der Waals surface area contributed by atoms with Crippen molar-refractivity contribution in [3.8, 4) is 0 Å². The van der Waals surface area contributed by atoms with Gasteiger partial charge in [0.15, 0.2) is 0 Å². The smallest absolute Gasteiger partial charge is 0.343 e. The maximum atomic E-state index is 12.4. The van der Waals surface area contributed by atoms with Crippen LogP contribution in [0.1, 0.15) is 46.5 Å². The van der Waals surface area contributed by atoms with E-state index < -0.39 is 37.1 Å². The lowest BCUT2D eigenvalue weighted by atomic mass is 9.96. The minimum atomic E-state index is -4.34. The molecule has 1 saturated heterocycles. The van der Waals surface area contributed by atoms with Crippen LogP contribution in [0.2, 0.25) is 0 Å². The molecule has 2 unspecified atom stereocenters. The Morgan fingerprint density at radius 2 is 1.90 bits per heavy atom. The second-order valence-corrected chi connectivity index (χ2v) is 5.89. The van der Waals surface area contributed by atoms with Crippen LogP contribution in [0.25, 0.3) is 0 Å². The lowest BCUT2D eigenvalue weighted by molar-refractivity contribution is -0.158. The maximum absolute atomic E-state index is 12.4. The number of halogens is 3. The first-order valence-electron chi connectivity index (χ1n) is 7.33. The molecular weight excluding hydrogens is 285 g/mol. The molecule has 4 nitrogen and oxygen atoms in total. The summed E-state index contributed by atoms with van der Waals surface area (Å²) in [7, 11) is 0. The standard InChI is InChI=1S/C14H23F3N2O2/c1-4-5-10-13(21)19(7-6-14(15,16)17)11(8-9(2)3)12(20)18-10/h9-11H,4-8H2,1-3H3,(H,18,20). The lowest BCUT2D eigenvalue weighted by Gasteiger charge is -2.39. The van der Waals surface area contributed by atoms with E-state index in [0.29, 0.717) is 19.3 Å². The van der Waals surface area contributed by atoms with Crippen molar-refractivity contribution in [2.45, 2.75) is 64.7 Å². The van der Waals surface area contributed by atoms with Gasteiger partial charge in [0.2, 0.25) is 11.8 Å². The number of amides is 2. The van der Waals surface area contributed by atoms with Crippen LogP contribution in [-0.2, 0) is 9.59 Å². The molecule has 21 heavy (non-hydrogen) atoms. The SMILES string of the molecule is CCCC1NC(=O)C(CC(C)C)N(CCC(F)(F)F)C1=O. The van der Waals surface area contributed by atoms with Crippen molar-refractivity contribution in [2.75, 3.05) is 6.54 Å². The van der Waals surface area contributed by atoms with E-state index in [1.54, 1.807) is 0 Å². The van der Waals surface area contributed by atoms with Crippen LogP contribution in [0.15, 0.2) is 0 Å². The molecule has 1 fully saturated rings. The van der Waals surface area contributed by atoms with Crippen LogP contribution in [-0.4, -0.2) is 41.5 Å². The summed E-state index contributed by atoms with van der Waals surface area (Å²) < 4.78 is 37.3. The fraction of sp³-hybridized carbons (Fsp3) is 0.857. The molecule has 7 heteroatoms. The highest BCUT2D eigenvalue weighted by atomic mass is 19.4. The Labute approximate surface area is 123 Å². The van der Waals surface area contributed by atoms with E-state index in [4.69, 9.17) is 0 Å². The van der Waals surface area contributed by atoms with E-state index in [9.17, 15) is 22.8 Å². The van der Waals surface area contributed by atoms with Gasteiger partial charge in [0, 0.05) is 6.54 Å². The van der Waals surface area contributed by atoms with Crippen molar-refractivity contribution in [2.24, 2.45) is 5.92 Å². The molecule has 0 bridgehead atoms. The Bertz CT molecular complexity index is 383. The topological polar surface area (TPSA) is 49.4 Å². The molecule has 2 atom stereocenters. The summed E-state index contributed by atoms with van der Waals surface area (Å²) in [5, 5.41) is 2.64. The highest BCUT2D eigenvalue weighted by molar-refractivity contribution is 5.96. The summed E-state index contributed by atoms with van der Waals surface area (Å²) >= 11 is 0. The van der Waals surface area contributed by atoms with Crippen molar-refractivity contribution in [3.05, 3.63) is 0 Å². The van der Waals surface area contributed by atoms with Crippen LogP contribution in [0.4, 0.5) is 13.2 Å². The molecule has 0 aromatic carbocycles. The fourth-order valence-electron chi connectivity index (χ4n) is 2.50. The molecule has 1 aliphatic heterocycles. The number of piperazine rings is 1. The average molecular weight is 308 g/mol. The van der Waals surface area contributed by atoms with Gasteiger partial charge < -0.3 is 10.2 Å². The lowest BCUT2D eigenvalue weighted by Crippen LogP contribution is -2.63. The third-order valence-corrected chi connectivity index (χ3v) is 3.48. The predicted octanol–water partition coefficient (Wildman–Crippen LogP) is 2.48. The molecule has 0 aromatic heterocycles. The van der Waals surface area contributed by atoms with Gasteiger partial charge in [-0.05, 0) is 18.8 Å². The highest BCUT2D eigenvalue weighted by Crippen LogP contribution is 2.24. The van der Waals surface area contributed by atoms with Gasteiger partial charge in [-0.1, -0.05) is 27.2 Å². The number of nitrogens with zero attached hydrogens (tertiary/aromatic N) is 1. The van der Waals surface area contributed by atoms with Crippen molar-refractivity contribution >= 4 is 11.8 Å². The van der Waals surface area contributed by atoms with Gasteiger partial charge in [0.25, 0.3) is 0 Å². The van der Waals surface area contributed by atoms with E-state index >= 15 is 0 Å². The van der Waals surface area contributed by atoms with Crippen LogP contribution in [0, 0.1) is 5.92 Å². The van der Waals surface area contributed by atoms with Gasteiger partial charge in [-0.2, -0.15) is 13.2 Å². The molecule has 0 spiro atoms. The first kappa shape index (κ1) is 17.8. The predicted molar refractivity (Wildman–Crippen MR) is 72.5 cm³/mol. The second kappa shape index (κ2) is 7.13. The monoisotopic (exact) mass is 308 g/mol. The third kappa shape index (κ3) is 5.21. The number of rotatable bonds is 6. The molecule has 0 saturated carbocycles. The van der Waals surface area contributed by atoms with Crippen LogP contribution in [0.3, 0.4) is 0 Å². The first-order valence-corrected chi connectivity index (χ1v) is 7.33. The minimum absolute atomic E-state index is 0.115. The fourth-order valence-corrected chi connectivity index (χ4v) is 2.50. The summed E-state index contributed by atoms with van der Waals surface area (Å²) in [4.78, 5) is 25.5. The van der Waals surface area contributed by atoms with E-state index in [2.05, 4.69) is 5.32 Å². The van der Waals surface area contributed by atoms with E-state index in [0.717, 1.165) is 4.90 Å². The largest absolute Gasteiger partial charge is 0.390 e. The molecule has 1 heterocycles. The van der Waals surface area contributed by atoms with Crippen LogP contribution >= 0.6 is 0 Å². The maximum Gasteiger partial charge on any atom is 0.390 e. The number of alkyl halides is 3. The minimum Gasteiger partial charge on any atom is -0.343 e. The summed E-state index contributed by atoms with van der Waals surface area (Å²) in [6.45, 7) is 5.16. The van der Waals surface area contributed by atoms with Gasteiger partial charge in [-0.25, -0.2) is 0 Å². The Morgan fingerprint density at radius 3 is 2.38 bits per heavy atom. The van der Waals surface area contributed by atoms with Gasteiger partial charge >= 0.3 is 6.18 Å². The number of carbonyl (C=O) groups excluding carboxylic acids is 2. The Kier molecular flexibility index (Phi) is 6.04. The quantitative estimate of drug-likeness (QED) is 0.819. The molecule has 122 valence electrons. The zero-order valence-corrected chi connectivity index (χ0v) is 12.7. The molecule has 0 aromatic rings. The van der Waals surface area contributed by atoms with Gasteiger partial charge in [0.1, 0.15) is 12.1 Å². The summed E-state index contributed by atoms with van der Waals surface area (Å²) in [6, 6.07) is -1.49. The highest BCUT2D eigenvalue weighted by Gasteiger charge is 2.41. The van der Waals surface area contributed by atoms with Crippen molar-refractivity contribution in [1.82, 2.24) is 10.2 Å². The first-order chi connectivity index (χ1) is 9.65. The summed E-state index contributed by atoms with van der Waals surface area (Å²) in [5.41, 5.74) is 0. The normalized spacial score (nSPS) is 23.7. The second-order valence-electron chi connectivity index (χ2n) is 5.89. The molecule has 1 N–H and O–H groups in total. The summed E-state index contributed by atoms with van der Waals surface area (Å²) in [6.07, 6.45) is -3.93. The number of hydrogen-bond acceptors (Lipinski definition) is 2. The van der Waals surface area contributed by atoms with Crippen molar-refractivity contribution in [3.63, 3.8) is 0 Å². The number of hydrogen-bond donors (Lipinski definition) is 1. The van der Waals surface area contributed by atoms with Gasteiger partial charge in [-0.15, -0.1) is 0 Å². The Hall–Kier alpha value is -1.27. The van der Waals surface area contributed by atoms with E-state index in [1.807, 2.05) is 20.8 Å². The van der Waals surface area contributed by atoms with Crippen molar-refractivity contribution in [1.29, 1.82) is 0 Å². The molecule has 1 rings (SSSR count). The Balaban J connectivity index is 2.89. The molecule has 0 radical (unpaired) electrons. The molecule has 1 aliphatic rings. The molecular formula is C14H23F3N2O2. The molecule has 0 aliphatic carbocycles. The van der Waals surface area contributed by atoms with E-state index in [-0.39, 0.29) is 11.8 Å². The van der Waals surface area contributed by atoms with Gasteiger partial charge in [-0.3, -0.25) is 9.59 Å². The summed E-state index contributed by atoms with van der Waals surface area (Å²) in [5.74, 6) is -0.625. The van der Waals surface area contributed by atoms with Crippen LogP contribution in [0.5, 0.6) is 0 Å². The van der Waals surface area contributed by atoms with E-state index in [1.165, 1.54) is 0 Å². The average Bonchev–Trinajstić information content (AvgIpc) is 2.33. The number of nitrogens with one attached hydrogen (secondary N) is 1. The zero-order chi connectivity index (χ0) is 16.2. The number of carbonyl (C=O) groups is 2. The molecule has 2 amide bonds. The Morgan fingerprint density at radius 1 is 1.29 bits per heavy atom. The third-order valence-electron chi connectivity index (χ3n) is 3.48. The van der Waals surface area contributed by atoms with Crippen molar-refractivity contribution < 1.29 is 22.8 Å². The zero-order valence-electron chi connectivity index (χ0n) is 12.7. The van der Waals surface area contributed by atoms with Gasteiger partial charge in [0.05, 0.1) is 6.42 Å².